The minimum atomic E-state index is -0.461. The molecule has 0 spiro atoms. The minimum absolute atomic E-state index is 0.0788. The van der Waals surface area contributed by atoms with Gasteiger partial charge in [0.1, 0.15) is 11.5 Å². The maximum Gasteiger partial charge on any atom is 0.317 e. The van der Waals surface area contributed by atoms with Crippen molar-refractivity contribution < 1.29 is 19.0 Å². The summed E-state index contributed by atoms with van der Waals surface area (Å²) >= 11 is 0. The first-order valence-corrected chi connectivity index (χ1v) is 10.0. The minimum Gasteiger partial charge on any atom is -0.459 e. The summed E-state index contributed by atoms with van der Waals surface area (Å²) < 4.78 is 16.3. The van der Waals surface area contributed by atoms with Crippen LogP contribution in [0.25, 0.3) is 6.08 Å². The summed E-state index contributed by atoms with van der Waals surface area (Å²) in [7, 11) is 1.70. The number of carbonyl (C=O) groups is 1. The predicted octanol–water partition coefficient (Wildman–Crippen LogP) is 5.25. The number of methoxy groups -OCH3 is 1. The second kappa shape index (κ2) is 10.0. The molecule has 1 aromatic carbocycles. The van der Waals surface area contributed by atoms with Crippen LogP contribution in [0.4, 0.5) is 0 Å². The summed E-state index contributed by atoms with van der Waals surface area (Å²) in [6, 6.07) is 6.42. The molecule has 0 fully saturated rings. The van der Waals surface area contributed by atoms with Gasteiger partial charge in [0.05, 0.1) is 0 Å². The number of rotatable bonds is 10. The number of unbranched alkanes of at least 4 members (excludes halogenated alkanes) is 2. The summed E-state index contributed by atoms with van der Waals surface area (Å²) in [5.74, 6) is -0.454. The lowest BCUT2D eigenvalue weighted by atomic mass is 9.96. The van der Waals surface area contributed by atoms with Crippen LogP contribution in [0, 0.1) is 0 Å². The van der Waals surface area contributed by atoms with Gasteiger partial charge >= 0.3 is 5.97 Å². The van der Waals surface area contributed by atoms with Crippen LogP contribution in [0.15, 0.2) is 24.3 Å². The third kappa shape index (κ3) is 6.78. The molecule has 2 atom stereocenters. The van der Waals surface area contributed by atoms with Crippen LogP contribution in [0.2, 0.25) is 0 Å². The number of hydrogen-bond acceptors (Lipinski definition) is 4. The van der Waals surface area contributed by atoms with Crippen LogP contribution in [0.3, 0.4) is 0 Å². The van der Waals surface area contributed by atoms with E-state index in [1.165, 1.54) is 5.56 Å². The maximum absolute atomic E-state index is 12.4. The van der Waals surface area contributed by atoms with Crippen molar-refractivity contribution in [1.29, 1.82) is 0 Å². The van der Waals surface area contributed by atoms with Crippen molar-refractivity contribution in [3.05, 3.63) is 41.0 Å². The van der Waals surface area contributed by atoms with E-state index in [0.29, 0.717) is 6.61 Å². The van der Waals surface area contributed by atoms with E-state index in [0.717, 1.165) is 43.2 Å². The highest BCUT2D eigenvalue weighted by molar-refractivity contribution is 5.86. The molecular weight excluding hydrogens is 340 g/mol. The van der Waals surface area contributed by atoms with Crippen LogP contribution in [-0.2, 0) is 25.4 Å². The monoisotopic (exact) mass is 374 g/mol. The Labute approximate surface area is 163 Å². The maximum atomic E-state index is 12.4. The fourth-order valence-corrected chi connectivity index (χ4v) is 3.35. The van der Waals surface area contributed by atoms with E-state index in [1.54, 1.807) is 7.11 Å². The Morgan fingerprint density at radius 2 is 1.96 bits per heavy atom. The van der Waals surface area contributed by atoms with Crippen LogP contribution >= 0.6 is 0 Å². The molecule has 1 unspecified atom stereocenters. The van der Waals surface area contributed by atoms with Gasteiger partial charge in [0.2, 0.25) is 0 Å². The predicted molar refractivity (Wildman–Crippen MR) is 109 cm³/mol. The van der Waals surface area contributed by atoms with Gasteiger partial charge in [-0.15, -0.1) is 0 Å². The summed E-state index contributed by atoms with van der Waals surface area (Å²) in [6.07, 6.45) is 9.29. The number of hydrogen-bond donors (Lipinski definition) is 0. The Hall–Kier alpha value is -1.65. The average molecular weight is 375 g/mol. The molecule has 0 radical (unpaired) electrons. The molecule has 4 nitrogen and oxygen atoms in total. The normalized spacial score (nSPS) is 17.0. The molecule has 27 heavy (non-hydrogen) atoms. The Balaban J connectivity index is 1.82. The van der Waals surface area contributed by atoms with Crippen LogP contribution in [-0.4, -0.2) is 31.6 Å². The van der Waals surface area contributed by atoms with Crippen molar-refractivity contribution in [3.63, 3.8) is 0 Å². The van der Waals surface area contributed by atoms with Gasteiger partial charge in [-0.05, 0) is 70.1 Å². The lowest BCUT2D eigenvalue weighted by molar-refractivity contribution is -0.155. The van der Waals surface area contributed by atoms with Crippen molar-refractivity contribution in [2.24, 2.45) is 0 Å². The molecule has 4 heteroatoms. The van der Waals surface area contributed by atoms with E-state index in [9.17, 15) is 4.79 Å². The lowest BCUT2D eigenvalue weighted by Gasteiger charge is -2.22. The average Bonchev–Trinajstić information content (AvgIpc) is 3.02. The van der Waals surface area contributed by atoms with Crippen LogP contribution in [0.1, 0.15) is 76.0 Å². The molecule has 0 heterocycles. The molecule has 1 aliphatic rings. The summed E-state index contributed by atoms with van der Waals surface area (Å²) in [5.41, 5.74) is 3.04. The Morgan fingerprint density at radius 1 is 1.19 bits per heavy atom. The third-order valence-corrected chi connectivity index (χ3v) is 4.64. The van der Waals surface area contributed by atoms with Gasteiger partial charge in [0.25, 0.3) is 0 Å². The molecule has 0 aromatic heterocycles. The molecule has 0 saturated heterocycles. The Morgan fingerprint density at radius 3 is 2.63 bits per heavy atom. The topological polar surface area (TPSA) is 44.8 Å². The van der Waals surface area contributed by atoms with Crippen molar-refractivity contribution in [3.8, 4) is 0 Å². The number of aryl methyl sites for hydroxylation is 1. The first kappa shape index (κ1) is 21.6. The first-order chi connectivity index (χ1) is 12.8. The number of ether oxygens (including phenoxy) is 3. The van der Waals surface area contributed by atoms with Crippen molar-refractivity contribution >= 4 is 12.0 Å². The zero-order chi connectivity index (χ0) is 19.9. The van der Waals surface area contributed by atoms with Gasteiger partial charge in [0.15, 0.2) is 6.29 Å². The van der Waals surface area contributed by atoms with E-state index >= 15 is 0 Å². The Bertz CT molecular complexity index is 642. The SMILES string of the molecule is CCO[C@@H](CCCCCc1ccc2c(c1)C=CC2C(=O)OC(C)(C)C)OC. The second-order valence-electron chi connectivity index (χ2n) is 8.05. The highest BCUT2D eigenvalue weighted by atomic mass is 16.7. The standard InChI is InChI=1S/C23H34O4/c1-6-26-21(25-5)11-9-7-8-10-17-12-14-19-18(16-17)13-15-20(19)22(24)27-23(2,3)4/h12-16,20-21H,6-11H2,1-5H3/t20?,21-/m0/s1. The number of carbonyl (C=O) groups excluding carboxylic acids is 1. The van der Waals surface area contributed by atoms with E-state index in [4.69, 9.17) is 14.2 Å². The lowest BCUT2D eigenvalue weighted by Crippen LogP contribution is -2.26. The van der Waals surface area contributed by atoms with E-state index in [1.807, 2.05) is 39.8 Å². The van der Waals surface area contributed by atoms with Gasteiger partial charge in [-0.1, -0.05) is 36.8 Å². The van der Waals surface area contributed by atoms with Gasteiger partial charge in [-0.25, -0.2) is 0 Å². The molecule has 0 aliphatic heterocycles. The van der Waals surface area contributed by atoms with Gasteiger partial charge in [-0.2, -0.15) is 0 Å². The van der Waals surface area contributed by atoms with E-state index in [2.05, 4.69) is 18.2 Å². The van der Waals surface area contributed by atoms with E-state index in [-0.39, 0.29) is 18.2 Å². The number of fused-ring (bicyclic) bond motifs is 1. The first-order valence-electron chi connectivity index (χ1n) is 10.0. The summed E-state index contributed by atoms with van der Waals surface area (Å²) in [4.78, 5) is 12.4. The third-order valence-electron chi connectivity index (χ3n) is 4.64. The fourth-order valence-electron chi connectivity index (χ4n) is 3.35. The molecule has 0 N–H and O–H groups in total. The molecule has 1 aliphatic carbocycles. The molecular formula is C23H34O4. The molecule has 2 rings (SSSR count). The number of benzene rings is 1. The van der Waals surface area contributed by atoms with Gasteiger partial charge < -0.3 is 14.2 Å². The Kier molecular flexibility index (Phi) is 8.06. The zero-order valence-electron chi connectivity index (χ0n) is 17.4. The van der Waals surface area contributed by atoms with E-state index < -0.39 is 5.60 Å². The molecule has 0 amide bonds. The fraction of sp³-hybridized carbons (Fsp3) is 0.609. The van der Waals surface area contributed by atoms with Crippen molar-refractivity contribution in [2.75, 3.05) is 13.7 Å². The molecule has 0 bridgehead atoms. The second-order valence-corrected chi connectivity index (χ2v) is 8.05. The van der Waals surface area contributed by atoms with Gasteiger partial charge in [0, 0.05) is 13.7 Å². The summed E-state index contributed by atoms with van der Waals surface area (Å²) in [5, 5.41) is 0. The molecule has 0 saturated carbocycles. The smallest absolute Gasteiger partial charge is 0.317 e. The highest BCUT2D eigenvalue weighted by Gasteiger charge is 2.28. The zero-order valence-corrected chi connectivity index (χ0v) is 17.4. The number of esters is 1. The van der Waals surface area contributed by atoms with Crippen molar-refractivity contribution in [1.82, 2.24) is 0 Å². The van der Waals surface area contributed by atoms with Crippen LogP contribution in [0.5, 0.6) is 0 Å². The molecule has 1 aromatic rings. The summed E-state index contributed by atoms with van der Waals surface area (Å²) in [6.45, 7) is 8.37. The highest BCUT2D eigenvalue weighted by Crippen LogP contribution is 2.33. The van der Waals surface area contributed by atoms with Crippen LogP contribution < -0.4 is 0 Å². The largest absolute Gasteiger partial charge is 0.459 e. The van der Waals surface area contributed by atoms with Crippen molar-refractivity contribution in [2.45, 2.75) is 77.6 Å². The van der Waals surface area contributed by atoms with Gasteiger partial charge in [-0.3, -0.25) is 4.79 Å². The molecule has 150 valence electrons. The quantitative estimate of drug-likeness (QED) is 0.319.